The molecular formula is C22H21NO2. The van der Waals surface area contributed by atoms with Crippen molar-refractivity contribution in [2.75, 3.05) is 7.11 Å². The molecule has 1 atom stereocenters. The maximum atomic E-state index is 9.04. The molecule has 0 N–H and O–H groups in total. The first-order chi connectivity index (χ1) is 12.1. The van der Waals surface area contributed by atoms with Crippen molar-refractivity contribution in [2.24, 2.45) is 0 Å². The topological polar surface area (TPSA) is 42.2 Å². The Bertz CT molecular complexity index is 913. The van der Waals surface area contributed by atoms with Gasteiger partial charge in [0, 0.05) is 7.11 Å². The van der Waals surface area contributed by atoms with E-state index in [2.05, 4.69) is 36.4 Å². The average Bonchev–Trinajstić information content (AvgIpc) is 2.66. The molecule has 0 aliphatic heterocycles. The predicted molar refractivity (Wildman–Crippen MR) is 99.3 cm³/mol. The third kappa shape index (κ3) is 3.81. The Kier molecular flexibility index (Phi) is 5.02. The van der Waals surface area contributed by atoms with Crippen molar-refractivity contribution in [3.8, 4) is 11.8 Å². The Morgan fingerprint density at radius 2 is 1.76 bits per heavy atom. The van der Waals surface area contributed by atoms with Crippen molar-refractivity contribution in [3.05, 3.63) is 77.9 Å². The molecule has 0 heterocycles. The first-order valence-corrected chi connectivity index (χ1v) is 8.28. The smallest absolute Gasteiger partial charge is 0.120 e. The van der Waals surface area contributed by atoms with Crippen molar-refractivity contribution in [1.82, 2.24) is 0 Å². The molecule has 3 rings (SSSR count). The highest BCUT2D eigenvalue weighted by atomic mass is 16.5. The minimum absolute atomic E-state index is 0.289. The van der Waals surface area contributed by atoms with E-state index in [9.17, 15) is 0 Å². The zero-order valence-corrected chi connectivity index (χ0v) is 14.5. The van der Waals surface area contributed by atoms with Gasteiger partial charge in [0.2, 0.25) is 0 Å². The van der Waals surface area contributed by atoms with Gasteiger partial charge in [-0.25, -0.2) is 0 Å². The third-order valence-electron chi connectivity index (χ3n) is 4.53. The number of hydrogen-bond acceptors (Lipinski definition) is 3. The van der Waals surface area contributed by atoms with Crippen LogP contribution < -0.4 is 4.74 Å². The van der Waals surface area contributed by atoms with Gasteiger partial charge < -0.3 is 9.47 Å². The standard InChI is InChI=1S/C22H21NO2/c1-22(24-2,12-13-23)20-8-5-9-21(15-20)25-16-17-10-11-18-6-3-4-7-19(18)14-17/h3-11,14-15H,12,16H2,1-2H3. The van der Waals surface area contributed by atoms with Gasteiger partial charge in [-0.05, 0) is 47.0 Å². The molecule has 0 bridgehead atoms. The van der Waals surface area contributed by atoms with Gasteiger partial charge in [-0.2, -0.15) is 5.26 Å². The fraction of sp³-hybridized carbons (Fsp3) is 0.227. The summed E-state index contributed by atoms with van der Waals surface area (Å²) < 4.78 is 11.5. The first-order valence-electron chi connectivity index (χ1n) is 8.28. The number of nitriles is 1. The van der Waals surface area contributed by atoms with Crippen LogP contribution in [0.5, 0.6) is 5.75 Å². The molecule has 0 saturated carbocycles. The van der Waals surface area contributed by atoms with Gasteiger partial charge in [-0.3, -0.25) is 0 Å². The number of methoxy groups -OCH3 is 1. The first kappa shape index (κ1) is 17.0. The molecule has 0 saturated heterocycles. The molecule has 0 aliphatic carbocycles. The van der Waals surface area contributed by atoms with Gasteiger partial charge in [0.05, 0.1) is 12.5 Å². The van der Waals surface area contributed by atoms with E-state index < -0.39 is 5.60 Å². The number of rotatable bonds is 6. The zero-order chi connectivity index (χ0) is 17.7. The normalized spacial score (nSPS) is 13.2. The molecule has 0 radical (unpaired) electrons. The Labute approximate surface area is 148 Å². The van der Waals surface area contributed by atoms with E-state index in [-0.39, 0.29) is 6.42 Å². The van der Waals surface area contributed by atoms with Crippen LogP contribution in [0.4, 0.5) is 0 Å². The van der Waals surface area contributed by atoms with Crippen molar-refractivity contribution in [1.29, 1.82) is 5.26 Å². The number of benzene rings is 3. The van der Waals surface area contributed by atoms with Crippen LogP contribution in [-0.2, 0) is 16.9 Å². The van der Waals surface area contributed by atoms with Crippen molar-refractivity contribution in [3.63, 3.8) is 0 Å². The van der Waals surface area contributed by atoms with E-state index in [1.807, 2.05) is 43.3 Å². The summed E-state index contributed by atoms with van der Waals surface area (Å²) >= 11 is 0. The van der Waals surface area contributed by atoms with Gasteiger partial charge in [0.25, 0.3) is 0 Å². The molecule has 0 spiro atoms. The van der Waals surface area contributed by atoms with E-state index in [1.165, 1.54) is 10.8 Å². The van der Waals surface area contributed by atoms with Crippen LogP contribution in [0.1, 0.15) is 24.5 Å². The lowest BCUT2D eigenvalue weighted by Crippen LogP contribution is -2.23. The molecule has 3 nitrogen and oxygen atoms in total. The predicted octanol–water partition coefficient (Wildman–Crippen LogP) is 5.19. The quantitative estimate of drug-likeness (QED) is 0.624. The molecule has 0 amide bonds. The molecule has 0 aliphatic rings. The summed E-state index contributed by atoms with van der Waals surface area (Å²) in [4.78, 5) is 0. The van der Waals surface area contributed by atoms with Crippen LogP contribution in [0.25, 0.3) is 10.8 Å². The summed E-state index contributed by atoms with van der Waals surface area (Å²) in [6.45, 7) is 2.41. The summed E-state index contributed by atoms with van der Waals surface area (Å²) in [7, 11) is 1.62. The fourth-order valence-electron chi connectivity index (χ4n) is 2.85. The maximum absolute atomic E-state index is 9.04. The van der Waals surface area contributed by atoms with E-state index >= 15 is 0 Å². The second kappa shape index (κ2) is 7.38. The minimum atomic E-state index is -0.628. The zero-order valence-electron chi connectivity index (χ0n) is 14.5. The lowest BCUT2D eigenvalue weighted by Gasteiger charge is -2.26. The average molecular weight is 331 g/mol. The van der Waals surface area contributed by atoms with Crippen LogP contribution in [0, 0.1) is 11.3 Å². The molecule has 0 fully saturated rings. The summed E-state index contributed by atoms with van der Waals surface area (Å²) in [6.07, 6.45) is 0.289. The van der Waals surface area contributed by atoms with E-state index in [0.29, 0.717) is 6.61 Å². The fourth-order valence-corrected chi connectivity index (χ4v) is 2.85. The van der Waals surface area contributed by atoms with Crippen LogP contribution in [0.3, 0.4) is 0 Å². The number of nitrogens with zero attached hydrogens (tertiary/aromatic N) is 1. The van der Waals surface area contributed by atoms with Crippen molar-refractivity contribution >= 4 is 10.8 Å². The second-order valence-corrected chi connectivity index (χ2v) is 6.27. The molecule has 126 valence electrons. The highest BCUT2D eigenvalue weighted by Crippen LogP contribution is 2.30. The number of fused-ring (bicyclic) bond motifs is 1. The van der Waals surface area contributed by atoms with Crippen molar-refractivity contribution in [2.45, 2.75) is 25.6 Å². The molecule has 25 heavy (non-hydrogen) atoms. The lowest BCUT2D eigenvalue weighted by atomic mass is 9.93. The summed E-state index contributed by atoms with van der Waals surface area (Å²) in [5, 5.41) is 11.5. The summed E-state index contributed by atoms with van der Waals surface area (Å²) in [6, 6.07) is 24.6. The Morgan fingerprint density at radius 1 is 0.960 bits per heavy atom. The number of ether oxygens (including phenoxy) is 2. The molecular weight excluding hydrogens is 310 g/mol. The second-order valence-electron chi connectivity index (χ2n) is 6.27. The van der Waals surface area contributed by atoms with Gasteiger partial charge >= 0.3 is 0 Å². The Balaban J connectivity index is 1.76. The third-order valence-corrected chi connectivity index (χ3v) is 4.53. The highest BCUT2D eigenvalue weighted by Gasteiger charge is 2.26. The molecule has 0 aromatic heterocycles. The monoisotopic (exact) mass is 331 g/mol. The van der Waals surface area contributed by atoms with Crippen LogP contribution in [0.2, 0.25) is 0 Å². The SMILES string of the molecule is COC(C)(CC#N)c1cccc(OCc2ccc3ccccc3c2)c1. The van der Waals surface area contributed by atoms with Crippen molar-refractivity contribution < 1.29 is 9.47 Å². The van der Waals surface area contributed by atoms with Gasteiger partial charge in [-0.15, -0.1) is 0 Å². The van der Waals surface area contributed by atoms with E-state index in [4.69, 9.17) is 14.7 Å². The molecule has 3 aromatic carbocycles. The van der Waals surface area contributed by atoms with Crippen LogP contribution in [0.15, 0.2) is 66.7 Å². The van der Waals surface area contributed by atoms with Gasteiger partial charge in [0.15, 0.2) is 0 Å². The molecule has 3 heteroatoms. The van der Waals surface area contributed by atoms with Crippen LogP contribution >= 0.6 is 0 Å². The van der Waals surface area contributed by atoms with E-state index in [1.54, 1.807) is 7.11 Å². The molecule has 1 unspecified atom stereocenters. The Hall–Kier alpha value is -2.83. The minimum Gasteiger partial charge on any atom is -0.489 e. The number of hydrogen-bond donors (Lipinski definition) is 0. The summed E-state index contributed by atoms with van der Waals surface area (Å²) in [5.41, 5.74) is 1.43. The maximum Gasteiger partial charge on any atom is 0.120 e. The summed E-state index contributed by atoms with van der Waals surface area (Å²) in [5.74, 6) is 0.770. The van der Waals surface area contributed by atoms with E-state index in [0.717, 1.165) is 16.9 Å². The largest absolute Gasteiger partial charge is 0.489 e. The van der Waals surface area contributed by atoms with Gasteiger partial charge in [-0.1, -0.05) is 48.5 Å². The lowest BCUT2D eigenvalue weighted by molar-refractivity contribution is 0.00586. The Morgan fingerprint density at radius 3 is 2.52 bits per heavy atom. The van der Waals surface area contributed by atoms with Crippen LogP contribution in [-0.4, -0.2) is 7.11 Å². The highest BCUT2D eigenvalue weighted by molar-refractivity contribution is 5.82. The van der Waals surface area contributed by atoms with Gasteiger partial charge in [0.1, 0.15) is 18.0 Å². The molecule has 3 aromatic rings.